The van der Waals surface area contributed by atoms with Crippen molar-refractivity contribution in [1.82, 2.24) is 24.6 Å². The van der Waals surface area contributed by atoms with Crippen molar-refractivity contribution in [1.29, 1.82) is 0 Å². The van der Waals surface area contributed by atoms with E-state index in [4.69, 9.17) is 4.74 Å². The Bertz CT molecular complexity index is 1310. The minimum Gasteiger partial charge on any atom is -0.479 e. The molecule has 7 nitrogen and oxygen atoms in total. The maximum Gasteiger partial charge on any atom is 0.416 e. The molecule has 10 heteroatoms. The Hall–Kier alpha value is -3.69. The molecular weight excluding hydrogens is 433 g/mol. The maximum absolute atomic E-state index is 13.6. The van der Waals surface area contributed by atoms with Gasteiger partial charge in [0.2, 0.25) is 5.88 Å². The van der Waals surface area contributed by atoms with Gasteiger partial charge < -0.3 is 9.30 Å². The van der Waals surface area contributed by atoms with Gasteiger partial charge in [-0.1, -0.05) is 18.2 Å². The van der Waals surface area contributed by atoms with Crippen molar-refractivity contribution in [3.63, 3.8) is 0 Å². The Balaban J connectivity index is 1.55. The van der Waals surface area contributed by atoms with Crippen LogP contribution in [0.15, 0.2) is 48.9 Å². The first-order chi connectivity index (χ1) is 15.8. The lowest BCUT2D eigenvalue weighted by atomic mass is 9.88. The van der Waals surface area contributed by atoms with E-state index in [1.54, 1.807) is 24.5 Å². The molecule has 4 heterocycles. The van der Waals surface area contributed by atoms with Gasteiger partial charge in [-0.3, -0.25) is 0 Å². The summed E-state index contributed by atoms with van der Waals surface area (Å²) in [6.07, 6.45) is 0.454. The SMILES string of the molecule is COc1nc(-c2nc3[n+]([nH]2)CCC[C@H]3c2ccccc2C(F)(F)F)ccc1-n1cnc(C)c1. The van der Waals surface area contributed by atoms with Gasteiger partial charge in [0.15, 0.2) is 0 Å². The van der Waals surface area contributed by atoms with Crippen molar-refractivity contribution in [2.45, 2.75) is 38.4 Å². The van der Waals surface area contributed by atoms with Crippen LogP contribution in [0.5, 0.6) is 5.88 Å². The van der Waals surface area contributed by atoms with Crippen LogP contribution in [-0.2, 0) is 12.7 Å². The zero-order valence-electron chi connectivity index (χ0n) is 18.1. The second-order valence-electron chi connectivity index (χ2n) is 8.01. The standard InChI is InChI=1S/C23H21F3N6O/c1-14-12-31(13-27-14)19-10-9-18(28-22(19)33-2)20-29-21-16(7-5-11-32(21)30-20)15-6-3-4-8-17(15)23(24,25)26/h3-4,6,8-10,12-13,16H,5,7,11H2,1-2H3/p+1/t16-/m0/s1. The second kappa shape index (κ2) is 8.02. The van der Waals surface area contributed by atoms with Crippen LogP contribution in [0.2, 0.25) is 0 Å². The van der Waals surface area contributed by atoms with Crippen LogP contribution in [0, 0.1) is 6.92 Å². The van der Waals surface area contributed by atoms with E-state index in [2.05, 4.69) is 20.1 Å². The number of methoxy groups -OCH3 is 1. The Labute approximate surface area is 187 Å². The van der Waals surface area contributed by atoms with Crippen LogP contribution < -0.4 is 9.42 Å². The number of aryl methyl sites for hydroxylation is 2. The average Bonchev–Trinajstić information content (AvgIpc) is 3.44. The Morgan fingerprint density at radius 3 is 2.70 bits per heavy atom. The fourth-order valence-electron chi connectivity index (χ4n) is 4.34. The zero-order chi connectivity index (χ0) is 23.2. The van der Waals surface area contributed by atoms with E-state index < -0.39 is 17.7 Å². The van der Waals surface area contributed by atoms with Gasteiger partial charge in [-0.05, 0) is 48.5 Å². The van der Waals surface area contributed by atoms with Crippen molar-refractivity contribution in [3.05, 3.63) is 71.6 Å². The van der Waals surface area contributed by atoms with Gasteiger partial charge in [-0.2, -0.15) is 23.0 Å². The molecule has 3 aromatic heterocycles. The highest BCUT2D eigenvalue weighted by molar-refractivity contribution is 5.55. The normalized spacial score (nSPS) is 16.0. The first-order valence-electron chi connectivity index (χ1n) is 10.6. The Morgan fingerprint density at radius 2 is 1.97 bits per heavy atom. The monoisotopic (exact) mass is 455 g/mol. The number of benzene rings is 1. The molecule has 1 aromatic carbocycles. The van der Waals surface area contributed by atoms with Gasteiger partial charge in [-0.25, -0.2) is 9.97 Å². The summed E-state index contributed by atoms with van der Waals surface area (Å²) >= 11 is 0. The lowest BCUT2D eigenvalue weighted by molar-refractivity contribution is -0.762. The van der Waals surface area contributed by atoms with Crippen molar-refractivity contribution in [2.24, 2.45) is 0 Å². The first kappa shape index (κ1) is 21.2. The molecule has 1 atom stereocenters. The number of nitrogens with zero attached hydrogens (tertiary/aromatic N) is 5. The van der Waals surface area contributed by atoms with Gasteiger partial charge in [0.25, 0.3) is 0 Å². The number of fused-ring (bicyclic) bond motifs is 1. The summed E-state index contributed by atoms with van der Waals surface area (Å²) < 4.78 is 50.1. The molecule has 170 valence electrons. The number of nitrogens with one attached hydrogen (secondary N) is 1. The van der Waals surface area contributed by atoms with Crippen LogP contribution in [0.4, 0.5) is 13.2 Å². The van der Waals surface area contributed by atoms with Crippen molar-refractivity contribution in [3.8, 4) is 23.1 Å². The molecule has 1 N–H and O–H groups in total. The van der Waals surface area contributed by atoms with E-state index in [0.717, 1.165) is 23.9 Å². The fourth-order valence-corrected chi connectivity index (χ4v) is 4.34. The molecule has 4 aromatic rings. The molecule has 0 spiro atoms. The number of alkyl halides is 3. The topological polar surface area (TPSA) is 72.5 Å². The third-order valence-corrected chi connectivity index (χ3v) is 5.84. The summed E-state index contributed by atoms with van der Waals surface area (Å²) in [5.41, 5.74) is 1.75. The molecule has 0 saturated carbocycles. The van der Waals surface area contributed by atoms with E-state index in [9.17, 15) is 13.2 Å². The van der Waals surface area contributed by atoms with E-state index in [1.807, 2.05) is 28.4 Å². The summed E-state index contributed by atoms with van der Waals surface area (Å²) in [5, 5.41) is 3.21. The second-order valence-corrected chi connectivity index (χ2v) is 8.01. The molecule has 1 aliphatic rings. The largest absolute Gasteiger partial charge is 0.479 e. The summed E-state index contributed by atoms with van der Waals surface area (Å²) in [6, 6.07) is 9.38. The van der Waals surface area contributed by atoms with Crippen molar-refractivity contribution < 1.29 is 22.6 Å². The van der Waals surface area contributed by atoms with Crippen LogP contribution >= 0.6 is 0 Å². The number of H-pyrrole nitrogens is 1. The summed E-state index contributed by atoms with van der Waals surface area (Å²) in [6.45, 7) is 2.54. The highest BCUT2D eigenvalue weighted by Gasteiger charge is 2.40. The van der Waals surface area contributed by atoms with E-state index in [1.165, 1.54) is 13.2 Å². The van der Waals surface area contributed by atoms with Gasteiger partial charge in [0, 0.05) is 6.20 Å². The number of imidazole rings is 1. The summed E-state index contributed by atoms with van der Waals surface area (Å²) in [7, 11) is 1.53. The minimum atomic E-state index is -4.42. The number of pyridine rings is 1. The third kappa shape index (κ3) is 3.85. The van der Waals surface area contributed by atoms with Crippen LogP contribution in [0.3, 0.4) is 0 Å². The molecule has 0 aliphatic carbocycles. The van der Waals surface area contributed by atoms with Gasteiger partial charge in [0.05, 0.1) is 30.6 Å². The lowest BCUT2D eigenvalue weighted by Crippen LogP contribution is -2.44. The van der Waals surface area contributed by atoms with Crippen LogP contribution in [-0.4, -0.2) is 31.7 Å². The molecule has 5 rings (SSSR count). The highest BCUT2D eigenvalue weighted by atomic mass is 19.4. The van der Waals surface area contributed by atoms with Gasteiger partial charge in [0.1, 0.15) is 17.9 Å². The fraction of sp³-hybridized carbons (Fsp3) is 0.304. The molecule has 0 bridgehead atoms. The third-order valence-electron chi connectivity index (χ3n) is 5.84. The summed E-state index contributed by atoms with van der Waals surface area (Å²) in [5.74, 6) is 0.982. The molecule has 0 radical (unpaired) electrons. The smallest absolute Gasteiger partial charge is 0.416 e. The van der Waals surface area contributed by atoms with Crippen molar-refractivity contribution in [2.75, 3.05) is 7.11 Å². The number of aromatic amines is 1. The quantitative estimate of drug-likeness (QED) is 0.468. The van der Waals surface area contributed by atoms with E-state index in [-0.39, 0.29) is 5.56 Å². The molecule has 0 amide bonds. The molecule has 0 fully saturated rings. The first-order valence-corrected chi connectivity index (χ1v) is 10.6. The Kier molecular flexibility index (Phi) is 5.15. The van der Waals surface area contributed by atoms with E-state index in [0.29, 0.717) is 36.2 Å². The van der Waals surface area contributed by atoms with E-state index >= 15 is 0 Å². The molecule has 1 aliphatic heterocycles. The maximum atomic E-state index is 13.6. The number of hydrogen-bond acceptors (Lipinski definition) is 4. The van der Waals surface area contributed by atoms with Crippen molar-refractivity contribution >= 4 is 0 Å². The number of rotatable bonds is 4. The Morgan fingerprint density at radius 1 is 1.15 bits per heavy atom. The highest BCUT2D eigenvalue weighted by Crippen LogP contribution is 2.39. The van der Waals surface area contributed by atoms with Crippen LogP contribution in [0.1, 0.15) is 41.4 Å². The van der Waals surface area contributed by atoms with Gasteiger partial charge >= 0.3 is 17.8 Å². The zero-order valence-corrected chi connectivity index (χ0v) is 18.1. The minimum absolute atomic E-state index is 0.243. The predicted molar refractivity (Wildman–Crippen MR) is 113 cm³/mol. The van der Waals surface area contributed by atoms with Crippen LogP contribution in [0.25, 0.3) is 17.2 Å². The number of ether oxygens (including phenoxy) is 1. The molecule has 0 unspecified atom stereocenters. The van der Waals surface area contributed by atoms with Gasteiger partial charge in [-0.15, -0.1) is 0 Å². The number of hydrogen-bond donors (Lipinski definition) is 1. The predicted octanol–water partition coefficient (Wildman–Crippen LogP) is 4.21. The molecular formula is C23H22F3N6O+. The molecule has 0 saturated heterocycles. The molecule has 33 heavy (non-hydrogen) atoms. The lowest BCUT2D eigenvalue weighted by Gasteiger charge is -2.20. The number of halogens is 3. The number of aromatic nitrogens is 6. The average molecular weight is 455 g/mol. The summed E-state index contributed by atoms with van der Waals surface area (Å²) in [4.78, 5) is 13.5.